The number of urea groups is 1. The van der Waals surface area contributed by atoms with Gasteiger partial charge in [-0.1, -0.05) is 28.1 Å². The Morgan fingerprint density at radius 3 is 2.70 bits per heavy atom. The summed E-state index contributed by atoms with van der Waals surface area (Å²) in [5.41, 5.74) is 3.36. The molecule has 2 heterocycles. The molecule has 0 unspecified atom stereocenters. The van der Waals surface area contributed by atoms with Crippen molar-refractivity contribution in [3.8, 4) is 0 Å². The molecule has 0 atom stereocenters. The molecule has 1 aliphatic rings. The van der Waals surface area contributed by atoms with Crippen molar-refractivity contribution >= 4 is 27.9 Å². The number of aryl methyl sites for hydroxylation is 1. The Morgan fingerprint density at radius 2 is 2.04 bits per heavy atom. The topological polar surface area (TPSA) is 63.1 Å². The molecule has 0 bridgehead atoms. The van der Waals surface area contributed by atoms with Crippen LogP contribution in [-0.2, 0) is 18.6 Å². The van der Waals surface area contributed by atoms with Gasteiger partial charge in [-0.05, 0) is 44.4 Å². The Labute approximate surface area is 144 Å². The van der Waals surface area contributed by atoms with Crippen molar-refractivity contribution < 1.29 is 4.79 Å². The Balaban J connectivity index is 1.71. The fraction of sp³-hybridized carbons (Fsp3) is 0.438. The highest BCUT2D eigenvalue weighted by molar-refractivity contribution is 9.10. The van der Waals surface area contributed by atoms with E-state index in [1.165, 1.54) is 16.7 Å². The molecule has 3 rings (SSSR count). The standard InChI is InChI=1S/C16H20BrN5O/c1-10-5-6-11-7-21(8-12(11)13(10)17)15(23)19-14-18-9-22(20-14)16(2,3)4/h5-6,9H,7-8H2,1-4H3,(H,19,20,23). The van der Waals surface area contributed by atoms with Gasteiger partial charge in [0.15, 0.2) is 0 Å². The number of halogens is 1. The maximum absolute atomic E-state index is 12.4. The number of rotatable bonds is 1. The fourth-order valence-electron chi connectivity index (χ4n) is 2.51. The van der Waals surface area contributed by atoms with Crippen LogP contribution in [0.15, 0.2) is 22.9 Å². The zero-order chi connectivity index (χ0) is 16.8. The maximum atomic E-state index is 12.4. The molecule has 23 heavy (non-hydrogen) atoms. The number of benzene rings is 1. The Bertz CT molecular complexity index is 762. The number of hydrogen-bond acceptors (Lipinski definition) is 3. The quantitative estimate of drug-likeness (QED) is 0.824. The lowest BCUT2D eigenvalue weighted by molar-refractivity contribution is 0.212. The van der Waals surface area contributed by atoms with Crippen molar-refractivity contribution in [3.63, 3.8) is 0 Å². The first-order chi connectivity index (χ1) is 10.8. The molecular weight excluding hydrogens is 358 g/mol. The minimum absolute atomic E-state index is 0.164. The van der Waals surface area contributed by atoms with Crippen LogP contribution in [0.1, 0.15) is 37.5 Å². The Kier molecular flexibility index (Phi) is 3.91. The third-order valence-electron chi connectivity index (χ3n) is 3.93. The molecule has 2 aromatic rings. The number of hydrogen-bond donors (Lipinski definition) is 1. The van der Waals surface area contributed by atoms with Gasteiger partial charge >= 0.3 is 6.03 Å². The summed E-state index contributed by atoms with van der Waals surface area (Å²) in [4.78, 5) is 18.4. The molecule has 1 aromatic heterocycles. The molecule has 1 aliphatic heterocycles. The van der Waals surface area contributed by atoms with Crippen LogP contribution in [-0.4, -0.2) is 25.7 Å². The van der Waals surface area contributed by atoms with E-state index < -0.39 is 0 Å². The van der Waals surface area contributed by atoms with Gasteiger partial charge in [0.2, 0.25) is 5.95 Å². The summed E-state index contributed by atoms with van der Waals surface area (Å²) >= 11 is 3.61. The molecular formula is C16H20BrN5O. The molecule has 7 heteroatoms. The molecule has 0 saturated carbocycles. The van der Waals surface area contributed by atoms with Crippen molar-refractivity contribution in [3.05, 3.63) is 39.6 Å². The first kappa shape index (κ1) is 16.0. The van der Waals surface area contributed by atoms with Crippen molar-refractivity contribution in [1.29, 1.82) is 0 Å². The predicted octanol–water partition coefficient (Wildman–Crippen LogP) is 3.65. The summed E-state index contributed by atoms with van der Waals surface area (Å²) in [7, 11) is 0. The minimum Gasteiger partial charge on any atom is -0.316 e. The van der Waals surface area contributed by atoms with Crippen LogP contribution >= 0.6 is 15.9 Å². The summed E-state index contributed by atoms with van der Waals surface area (Å²) in [5, 5.41) is 7.09. The second kappa shape index (κ2) is 5.63. The highest BCUT2D eigenvalue weighted by Gasteiger charge is 2.26. The first-order valence-electron chi connectivity index (χ1n) is 7.50. The smallest absolute Gasteiger partial charge is 0.316 e. The van der Waals surface area contributed by atoms with Crippen molar-refractivity contribution in [2.24, 2.45) is 0 Å². The summed E-state index contributed by atoms with van der Waals surface area (Å²) in [5.74, 6) is 0.330. The van der Waals surface area contributed by atoms with Crippen LogP contribution in [0.5, 0.6) is 0 Å². The number of aromatic nitrogens is 3. The molecule has 122 valence electrons. The summed E-state index contributed by atoms with van der Waals surface area (Å²) in [6.45, 7) is 9.33. The highest BCUT2D eigenvalue weighted by atomic mass is 79.9. The van der Waals surface area contributed by atoms with Crippen LogP contribution in [0.3, 0.4) is 0 Å². The second-order valence-electron chi connectivity index (χ2n) is 6.80. The zero-order valence-corrected chi connectivity index (χ0v) is 15.3. The van der Waals surface area contributed by atoms with E-state index in [-0.39, 0.29) is 11.6 Å². The van der Waals surface area contributed by atoms with Crippen LogP contribution in [0.2, 0.25) is 0 Å². The molecule has 2 amide bonds. The van der Waals surface area contributed by atoms with Gasteiger partial charge in [-0.25, -0.2) is 14.5 Å². The van der Waals surface area contributed by atoms with E-state index in [9.17, 15) is 4.79 Å². The minimum atomic E-state index is -0.183. The van der Waals surface area contributed by atoms with Gasteiger partial charge in [-0.15, -0.1) is 5.10 Å². The number of amides is 2. The van der Waals surface area contributed by atoms with Crippen molar-refractivity contribution in [1.82, 2.24) is 19.7 Å². The molecule has 6 nitrogen and oxygen atoms in total. The lowest BCUT2D eigenvalue weighted by Gasteiger charge is -2.18. The van der Waals surface area contributed by atoms with E-state index in [1.807, 2.05) is 20.8 Å². The van der Waals surface area contributed by atoms with Gasteiger partial charge in [0.05, 0.1) is 5.54 Å². The first-order valence-corrected chi connectivity index (χ1v) is 8.30. The Hall–Kier alpha value is -1.89. The number of carbonyl (C=O) groups excluding carboxylic acids is 1. The third kappa shape index (κ3) is 3.10. The fourth-order valence-corrected chi connectivity index (χ4v) is 3.02. The van der Waals surface area contributed by atoms with E-state index in [4.69, 9.17) is 0 Å². The van der Waals surface area contributed by atoms with Gasteiger partial charge in [0.25, 0.3) is 0 Å². The SMILES string of the molecule is Cc1ccc2c(c1Br)CN(C(=O)Nc1ncn(C(C)(C)C)n1)C2. The van der Waals surface area contributed by atoms with Gasteiger partial charge in [0.1, 0.15) is 6.33 Å². The second-order valence-corrected chi connectivity index (χ2v) is 7.60. The van der Waals surface area contributed by atoms with E-state index >= 15 is 0 Å². The summed E-state index contributed by atoms with van der Waals surface area (Å²) in [6, 6.07) is 3.96. The van der Waals surface area contributed by atoms with Crippen molar-refractivity contribution in [2.45, 2.75) is 46.3 Å². The van der Waals surface area contributed by atoms with Crippen molar-refractivity contribution in [2.75, 3.05) is 5.32 Å². The third-order valence-corrected chi connectivity index (χ3v) is 5.03. The van der Waals surface area contributed by atoms with E-state index in [0.29, 0.717) is 19.0 Å². The number of anilines is 1. The van der Waals surface area contributed by atoms with E-state index in [1.54, 1.807) is 15.9 Å². The van der Waals surface area contributed by atoms with Gasteiger partial charge in [-0.3, -0.25) is 5.32 Å². The predicted molar refractivity (Wildman–Crippen MR) is 92.2 cm³/mol. The van der Waals surface area contributed by atoms with Gasteiger partial charge < -0.3 is 4.90 Å². The summed E-state index contributed by atoms with van der Waals surface area (Å²) in [6.07, 6.45) is 1.63. The normalized spacial score (nSPS) is 14.0. The van der Waals surface area contributed by atoms with Crippen LogP contribution < -0.4 is 5.32 Å². The van der Waals surface area contributed by atoms with Crippen LogP contribution in [0, 0.1) is 6.92 Å². The number of fused-ring (bicyclic) bond motifs is 1. The van der Waals surface area contributed by atoms with E-state index in [2.05, 4.69) is 50.4 Å². The largest absolute Gasteiger partial charge is 0.324 e. The average Bonchev–Trinajstić information content (AvgIpc) is 3.09. The number of nitrogens with zero attached hydrogens (tertiary/aromatic N) is 4. The lowest BCUT2D eigenvalue weighted by Crippen LogP contribution is -2.31. The van der Waals surface area contributed by atoms with Crippen LogP contribution in [0.25, 0.3) is 0 Å². The Morgan fingerprint density at radius 1 is 1.30 bits per heavy atom. The maximum Gasteiger partial charge on any atom is 0.324 e. The molecule has 0 fully saturated rings. The van der Waals surface area contributed by atoms with Gasteiger partial charge in [0, 0.05) is 17.6 Å². The molecule has 0 spiro atoms. The zero-order valence-electron chi connectivity index (χ0n) is 13.7. The molecule has 1 N–H and O–H groups in total. The molecule has 0 radical (unpaired) electrons. The number of carbonyl (C=O) groups is 1. The van der Waals surface area contributed by atoms with Gasteiger partial charge in [-0.2, -0.15) is 0 Å². The van der Waals surface area contributed by atoms with E-state index in [0.717, 1.165) is 4.47 Å². The molecule has 0 saturated heterocycles. The molecule has 0 aliphatic carbocycles. The average molecular weight is 378 g/mol. The monoisotopic (exact) mass is 377 g/mol. The van der Waals surface area contributed by atoms with Crippen LogP contribution in [0.4, 0.5) is 10.7 Å². The number of nitrogens with one attached hydrogen (secondary N) is 1. The lowest BCUT2D eigenvalue weighted by atomic mass is 10.1. The molecule has 1 aromatic carbocycles. The highest BCUT2D eigenvalue weighted by Crippen LogP contribution is 2.32. The summed E-state index contributed by atoms with van der Waals surface area (Å²) < 4.78 is 2.82.